The van der Waals surface area contributed by atoms with Crippen molar-refractivity contribution in [1.29, 1.82) is 0 Å². The van der Waals surface area contributed by atoms with E-state index in [0.29, 0.717) is 6.42 Å². The normalized spacial score (nSPS) is 15.0. The van der Waals surface area contributed by atoms with Crippen LogP contribution in [0.25, 0.3) is 0 Å². The summed E-state index contributed by atoms with van der Waals surface area (Å²) in [6.07, 6.45) is 3.62. The lowest BCUT2D eigenvalue weighted by molar-refractivity contribution is 0.0786. The Morgan fingerprint density at radius 2 is 1.77 bits per heavy atom. The summed E-state index contributed by atoms with van der Waals surface area (Å²) in [6, 6.07) is 3.01. The fourth-order valence-corrected chi connectivity index (χ4v) is 2.64. The predicted octanol–water partition coefficient (Wildman–Crippen LogP) is 5.02. The molecule has 0 spiro atoms. The molecule has 1 aliphatic carbocycles. The highest BCUT2D eigenvalue weighted by molar-refractivity contribution is 6.42. The summed E-state index contributed by atoms with van der Waals surface area (Å²) in [4.78, 5) is 24.7. The number of fused-ring (bicyclic) bond motifs is 1. The fourth-order valence-electron chi connectivity index (χ4n) is 2.15. The molecule has 0 amide bonds. The maximum absolute atomic E-state index is 12.5. The molecule has 0 unspecified atom stereocenters. The number of hydrogen-bond donors (Lipinski definition) is 0. The maximum atomic E-state index is 12.5. The Morgan fingerprint density at radius 3 is 2.36 bits per heavy atom. The number of carbonyl (C=O) groups excluding carboxylic acids is 2. The molecule has 2 rings (SSSR count). The van der Waals surface area contributed by atoms with E-state index in [1.54, 1.807) is 0 Å². The van der Waals surface area contributed by atoms with Crippen molar-refractivity contribution in [2.45, 2.75) is 33.3 Å². The molecule has 0 saturated heterocycles. The molecule has 0 bridgehead atoms. The Balaban J connectivity index is 2.30. The monoisotopic (exact) mass is 338 g/mol. The quantitative estimate of drug-likeness (QED) is 0.724. The van der Waals surface area contributed by atoms with Gasteiger partial charge in [-0.2, -0.15) is 0 Å². The Morgan fingerprint density at radius 1 is 1.18 bits per heavy atom. The van der Waals surface area contributed by atoms with E-state index in [1.165, 1.54) is 18.2 Å². The van der Waals surface area contributed by atoms with Crippen molar-refractivity contribution in [3.63, 3.8) is 0 Å². The highest BCUT2D eigenvalue weighted by Gasteiger charge is 2.31. The van der Waals surface area contributed by atoms with Crippen molar-refractivity contribution in [3.8, 4) is 0 Å². The Bertz CT molecular complexity index is 698. The fraction of sp³-hybridized carbons (Fsp3) is 0.294. The van der Waals surface area contributed by atoms with Crippen LogP contribution in [0.15, 0.2) is 35.6 Å². The minimum absolute atomic E-state index is 0.0105. The van der Waals surface area contributed by atoms with Gasteiger partial charge in [0, 0.05) is 12.5 Å². The third-order valence-electron chi connectivity index (χ3n) is 3.25. The van der Waals surface area contributed by atoms with Gasteiger partial charge in [0.25, 0.3) is 0 Å². The molecule has 116 valence electrons. The summed E-state index contributed by atoms with van der Waals surface area (Å²) in [5.74, 6) is -0.769. The summed E-state index contributed by atoms with van der Waals surface area (Å²) in [5.41, 5.74) is 1.42. The average molecular weight is 339 g/mol. The zero-order valence-corrected chi connectivity index (χ0v) is 14.1. The largest absolute Gasteiger partial charge is 0.486 e. The van der Waals surface area contributed by atoms with Gasteiger partial charge < -0.3 is 4.74 Å². The number of hydrogen-bond acceptors (Lipinski definition) is 3. The summed E-state index contributed by atoms with van der Waals surface area (Å²) in [5, 5.41) is 0.412. The van der Waals surface area contributed by atoms with Crippen molar-refractivity contribution in [1.82, 2.24) is 0 Å². The van der Waals surface area contributed by atoms with Gasteiger partial charge in [0.2, 0.25) is 5.78 Å². The Kier molecular flexibility index (Phi) is 5.09. The molecule has 22 heavy (non-hydrogen) atoms. The first-order valence-corrected chi connectivity index (χ1v) is 7.65. The van der Waals surface area contributed by atoms with Gasteiger partial charge in [-0.25, -0.2) is 0 Å². The number of allylic oxidation sites excluding steroid dienone is 3. The van der Waals surface area contributed by atoms with Crippen molar-refractivity contribution >= 4 is 34.8 Å². The molecule has 1 aromatic rings. The second-order valence-corrected chi connectivity index (χ2v) is 6.24. The lowest BCUT2D eigenvalue weighted by Crippen LogP contribution is -2.22. The molecule has 1 aromatic carbocycles. The summed E-state index contributed by atoms with van der Waals surface area (Å²) < 4.78 is 5.62. The second-order valence-electron chi connectivity index (χ2n) is 5.43. The van der Waals surface area contributed by atoms with E-state index in [4.69, 9.17) is 27.9 Å². The molecule has 0 fully saturated rings. The summed E-state index contributed by atoms with van der Waals surface area (Å²) in [7, 11) is 0. The Labute approximate surface area is 139 Å². The van der Waals surface area contributed by atoms with Crippen LogP contribution in [0.3, 0.4) is 0 Å². The standard InChI is InChI=1S/C17H16Cl2O3/c1-9(2)4-5-10(3)22-14-8-13(20)15-11(18)6-7-12(19)16(15)17(14)21/h4,6-8,10H,5H2,1-3H3/t10-/m0/s1. The van der Waals surface area contributed by atoms with Crippen LogP contribution < -0.4 is 0 Å². The topological polar surface area (TPSA) is 43.4 Å². The van der Waals surface area contributed by atoms with Gasteiger partial charge in [-0.15, -0.1) is 0 Å². The summed E-state index contributed by atoms with van der Waals surface area (Å²) >= 11 is 12.1. The smallest absolute Gasteiger partial charge is 0.230 e. The second kappa shape index (κ2) is 6.67. The van der Waals surface area contributed by atoms with Crippen LogP contribution in [0, 0.1) is 0 Å². The van der Waals surface area contributed by atoms with Crippen molar-refractivity contribution < 1.29 is 14.3 Å². The van der Waals surface area contributed by atoms with Crippen LogP contribution in [0.4, 0.5) is 0 Å². The van der Waals surface area contributed by atoms with Gasteiger partial charge in [0.1, 0.15) is 0 Å². The molecule has 1 atom stereocenters. The molecular formula is C17H16Cl2O3. The lowest BCUT2D eigenvalue weighted by atomic mass is 9.93. The molecule has 0 saturated carbocycles. The van der Waals surface area contributed by atoms with E-state index in [1.807, 2.05) is 26.8 Å². The molecule has 1 aliphatic rings. The van der Waals surface area contributed by atoms with Gasteiger partial charge in [0.15, 0.2) is 11.5 Å². The van der Waals surface area contributed by atoms with E-state index >= 15 is 0 Å². The minimum atomic E-state index is -0.411. The van der Waals surface area contributed by atoms with Crippen LogP contribution >= 0.6 is 23.2 Å². The molecular weight excluding hydrogens is 323 g/mol. The van der Waals surface area contributed by atoms with E-state index in [0.717, 1.165) is 5.57 Å². The van der Waals surface area contributed by atoms with Crippen LogP contribution in [0.1, 0.15) is 47.9 Å². The van der Waals surface area contributed by atoms with Gasteiger partial charge in [-0.05, 0) is 32.9 Å². The number of ether oxygens (including phenoxy) is 1. The maximum Gasteiger partial charge on any atom is 0.230 e. The highest BCUT2D eigenvalue weighted by atomic mass is 35.5. The number of benzene rings is 1. The Hall–Kier alpha value is -1.58. The molecule has 0 N–H and O–H groups in total. The molecule has 0 aromatic heterocycles. The first-order chi connectivity index (χ1) is 10.3. The zero-order valence-electron chi connectivity index (χ0n) is 12.6. The average Bonchev–Trinajstić information content (AvgIpc) is 2.44. The molecule has 3 nitrogen and oxygen atoms in total. The van der Waals surface area contributed by atoms with E-state index < -0.39 is 5.78 Å². The third kappa shape index (κ3) is 3.42. The van der Waals surface area contributed by atoms with Crippen molar-refractivity contribution in [2.24, 2.45) is 0 Å². The molecule has 5 heteroatoms. The third-order valence-corrected chi connectivity index (χ3v) is 3.88. The first kappa shape index (κ1) is 16.8. The van der Waals surface area contributed by atoms with Gasteiger partial charge in [0.05, 0.1) is 27.3 Å². The highest BCUT2D eigenvalue weighted by Crippen LogP contribution is 2.33. The zero-order chi connectivity index (χ0) is 16.4. The van der Waals surface area contributed by atoms with E-state index in [2.05, 4.69) is 0 Å². The molecule has 0 heterocycles. The molecule has 0 radical (unpaired) electrons. The van der Waals surface area contributed by atoms with Crippen LogP contribution in [-0.4, -0.2) is 17.7 Å². The van der Waals surface area contributed by atoms with Gasteiger partial charge in [-0.1, -0.05) is 34.9 Å². The predicted molar refractivity (Wildman–Crippen MR) is 87.8 cm³/mol. The summed E-state index contributed by atoms with van der Waals surface area (Å²) in [6.45, 7) is 5.81. The number of halogens is 2. The number of carbonyl (C=O) groups is 2. The van der Waals surface area contributed by atoms with E-state index in [-0.39, 0.29) is 38.8 Å². The van der Waals surface area contributed by atoms with Crippen LogP contribution in [0.2, 0.25) is 10.0 Å². The minimum Gasteiger partial charge on any atom is -0.486 e. The lowest BCUT2D eigenvalue weighted by Gasteiger charge is -2.20. The van der Waals surface area contributed by atoms with Crippen LogP contribution in [0.5, 0.6) is 0 Å². The number of Topliss-reactive ketones (excluding diaryl/α,β-unsaturated/α-hetero) is 1. The number of ketones is 2. The van der Waals surface area contributed by atoms with Crippen molar-refractivity contribution in [3.05, 3.63) is 56.8 Å². The van der Waals surface area contributed by atoms with Crippen molar-refractivity contribution in [2.75, 3.05) is 0 Å². The number of rotatable bonds is 4. The van der Waals surface area contributed by atoms with Crippen LogP contribution in [-0.2, 0) is 4.74 Å². The van der Waals surface area contributed by atoms with Gasteiger partial charge in [-0.3, -0.25) is 9.59 Å². The molecule has 0 aliphatic heterocycles. The first-order valence-electron chi connectivity index (χ1n) is 6.90. The SMILES string of the molecule is CC(C)=CC[C@H](C)OC1=CC(=O)c2c(Cl)ccc(Cl)c2C1=O. The van der Waals surface area contributed by atoms with Gasteiger partial charge >= 0.3 is 0 Å². The van der Waals surface area contributed by atoms with E-state index in [9.17, 15) is 9.59 Å².